The molecule has 1 aliphatic heterocycles. The summed E-state index contributed by atoms with van der Waals surface area (Å²) < 4.78 is 0. The normalized spacial score (nSPS) is 17.8. The van der Waals surface area contributed by atoms with Crippen molar-refractivity contribution in [1.29, 1.82) is 0 Å². The SMILES string of the molecule is O=C(c1cc(C2CC2)nc2ccccc12)N1CCN(Cc2ccncc2)CC1. The Kier molecular flexibility index (Phi) is 4.53. The van der Waals surface area contributed by atoms with Gasteiger partial charge in [-0.25, -0.2) is 0 Å². The third-order valence-corrected chi connectivity index (χ3v) is 5.78. The highest BCUT2D eigenvalue weighted by Crippen LogP contribution is 2.40. The van der Waals surface area contributed by atoms with Crippen LogP contribution in [-0.2, 0) is 6.54 Å². The first-order valence-corrected chi connectivity index (χ1v) is 10.1. The van der Waals surface area contributed by atoms with Crippen LogP contribution in [-0.4, -0.2) is 51.9 Å². The molecular formula is C23H24N4O. The Balaban J connectivity index is 1.33. The molecule has 0 spiro atoms. The Morgan fingerprint density at radius 1 is 1.00 bits per heavy atom. The fourth-order valence-electron chi connectivity index (χ4n) is 3.99. The van der Waals surface area contributed by atoms with Crippen LogP contribution in [0.4, 0.5) is 0 Å². The van der Waals surface area contributed by atoms with Gasteiger partial charge in [0.2, 0.25) is 0 Å². The average Bonchev–Trinajstić information content (AvgIpc) is 3.59. The monoisotopic (exact) mass is 372 g/mol. The molecule has 0 unspecified atom stereocenters. The molecule has 0 bridgehead atoms. The second-order valence-electron chi connectivity index (χ2n) is 7.81. The zero-order valence-electron chi connectivity index (χ0n) is 15.9. The number of benzene rings is 1. The largest absolute Gasteiger partial charge is 0.336 e. The first-order chi connectivity index (χ1) is 13.8. The van der Waals surface area contributed by atoms with E-state index >= 15 is 0 Å². The number of hydrogen-bond acceptors (Lipinski definition) is 4. The van der Waals surface area contributed by atoms with Gasteiger partial charge >= 0.3 is 0 Å². The van der Waals surface area contributed by atoms with Crippen molar-refractivity contribution in [2.24, 2.45) is 0 Å². The molecule has 3 heterocycles. The van der Waals surface area contributed by atoms with Crippen LogP contribution in [0.2, 0.25) is 0 Å². The average molecular weight is 372 g/mol. The highest BCUT2D eigenvalue weighted by Gasteiger charge is 2.29. The molecular weight excluding hydrogens is 348 g/mol. The molecule has 0 radical (unpaired) electrons. The van der Waals surface area contributed by atoms with Gasteiger partial charge in [-0.3, -0.25) is 19.7 Å². The summed E-state index contributed by atoms with van der Waals surface area (Å²) in [7, 11) is 0. The number of piperazine rings is 1. The van der Waals surface area contributed by atoms with E-state index in [0.29, 0.717) is 5.92 Å². The van der Waals surface area contributed by atoms with Crippen molar-refractivity contribution >= 4 is 16.8 Å². The maximum atomic E-state index is 13.3. The Hall–Kier alpha value is -2.79. The number of hydrogen-bond donors (Lipinski definition) is 0. The number of rotatable bonds is 4. The Morgan fingerprint density at radius 2 is 1.75 bits per heavy atom. The van der Waals surface area contributed by atoms with E-state index in [1.165, 1.54) is 18.4 Å². The van der Waals surface area contributed by atoms with Crippen LogP contribution in [0.15, 0.2) is 54.9 Å². The summed E-state index contributed by atoms with van der Waals surface area (Å²) in [5, 5.41) is 0.969. The lowest BCUT2D eigenvalue weighted by Gasteiger charge is -2.35. The Bertz CT molecular complexity index is 992. The molecule has 1 aromatic carbocycles. The molecule has 1 saturated heterocycles. The zero-order valence-corrected chi connectivity index (χ0v) is 15.9. The molecule has 1 aliphatic carbocycles. The van der Waals surface area contributed by atoms with Crippen LogP contribution in [0, 0.1) is 0 Å². The van der Waals surface area contributed by atoms with Crippen LogP contribution >= 0.6 is 0 Å². The van der Waals surface area contributed by atoms with Crippen LogP contribution < -0.4 is 0 Å². The topological polar surface area (TPSA) is 49.3 Å². The smallest absolute Gasteiger partial charge is 0.254 e. The van der Waals surface area contributed by atoms with Gasteiger partial charge in [-0.15, -0.1) is 0 Å². The fraction of sp³-hybridized carbons (Fsp3) is 0.348. The molecule has 3 aromatic rings. The number of carbonyl (C=O) groups excluding carboxylic acids is 1. The third-order valence-electron chi connectivity index (χ3n) is 5.78. The van der Waals surface area contributed by atoms with E-state index in [4.69, 9.17) is 4.98 Å². The quantitative estimate of drug-likeness (QED) is 0.704. The van der Waals surface area contributed by atoms with Crippen LogP contribution in [0.1, 0.15) is 40.4 Å². The number of fused-ring (bicyclic) bond motifs is 1. The molecule has 0 N–H and O–H groups in total. The van der Waals surface area contributed by atoms with Crippen molar-refractivity contribution in [3.05, 3.63) is 71.7 Å². The summed E-state index contributed by atoms with van der Waals surface area (Å²) >= 11 is 0. The second-order valence-corrected chi connectivity index (χ2v) is 7.81. The molecule has 142 valence electrons. The second kappa shape index (κ2) is 7.32. The van der Waals surface area contributed by atoms with Crippen LogP contribution in [0.25, 0.3) is 10.9 Å². The van der Waals surface area contributed by atoms with Crippen LogP contribution in [0.3, 0.4) is 0 Å². The van der Waals surface area contributed by atoms with Crippen molar-refractivity contribution in [2.75, 3.05) is 26.2 Å². The van der Waals surface area contributed by atoms with Gasteiger partial charge < -0.3 is 4.90 Å². The lowest BCUT2D eigenvalue weighted by molar-refractivity contribution is 0.0630. The molecule has 5 nitrogen and oxygen atoms in total. The summed E-state index contributed by atoms with van der Waals surface area (Å²) in [5.74, 6) is 0.678. The number of aromatic nitrogens is 2. The third kappa shape index (κ3) is 3.50. The van der Waals surface area contributed by atoms with E-state index in [0.717, 1.165) is 54.9 Å². The number of pyridine rings is 2. The van der Waals surface area contributed by atoms with E-state index in [2.05, 4.69) is 22.0 Å². The molecule has 2 aromatic heterocycles. The Labute approximate surface area is 165 Å². The number of amides is 1. The minimum Gasteiger partial charge on any atom is -0.336 e. The fourth-order valence-corrected chi connectivity index (χ4v) is 3.99. The first-order valence-electron chi connectivity index (χ1n) is 10.1. The molecule has 2 aliphatic rings. The van der Waals surface area contributed by atoms with Gasteiger partial charge in [0, 0.05) is 62.1 Å². The Morgan fingerprint density at radius 3 is 2.50 bits per heavy atom. The van der Waals surface area contributed by atoms with Gasteiger partial charge in [0.05, 0.1) is 11.1 Å². The predicted molar refractivity (Wildman–Crippen MR) is 109 cm³/mol. The van der Waals surface area contributed by atoms with Crippen molar-refractivity contribution in [1.82, 2.24) is 19.8 Å². The van der Waals surface area contributed by atoms with E-state index < -0.39 is 0 Å². The molecule has 5 heteroatoms. The van der Waals surface area contributed by atoms with Gasteiger partial charge in [0.1, 0.15) is 0 Å². The zero-order chi connectivity index (χ0) is 18.9. The predicted octanol–water partition coefficient (Wildman–Crippen LogP) is 3.47. The number of para-hydroxylation sites is 1. The summed E-state index contributed by atoms with van der Waals surface area (Å²) in [5.41, 5.74) is 4.10. The van der Waals surface area contributed by atoms with Crippen molar-refractivity contribution in [2.45, 2.75) is 25.3 Å². The van der Waals surface area contributed by atoms with Gasteiger partial charge in [-0.05, 0) is 42.7 Å². The summed E-state index contributed by atoms with van der Waals surface area (Å²) in [4.78, 5) is 26.6. The molecule has 2 fully saturated rings. The van der Waals surface area contributed by atoms with E-state index in [1.807, 2.05) is 47.6 Å². The summed E-state index contributed by atoms with van der Waals surface area (Å²) in [6.07, 6.45) is 6.04. The highest BCUT2D eigenvalue weighted by atomic mass is 16.2. The van der Waals surface area contributed by atoms with E-state index in [-0.39, 0.29) is 5.91 Å². The number of carbonyl (C=O) groups is 1. The lowest BCUT2D eigenvalue weighted by Crippen LogP contribution is -2.48. The molecule has 1 amide bonds. The molecule has 1 saturated carbocycles. The van der Waals surface area contributed by atoms with Crippen LogP contribution in [0.5, 0.6) is 0 Å². The standard InChI is InChI=1S/C23H24N4O/c28-23(27-13-11-26(12-14-27)16-17-7-9-24-10-8-17)20-15-22(18-5-6-18)25-21-4-2-1-3-19(20)21/h1-4,7-10,15,18H,5-6,11-14,16H2. The summed E-state index contributed by atoms with van der Waals surface area (Å²) in [6, 6.07) is 14.2. The van der Waals surface area contributed by atoms with Gasteiger partial charge in [0.25, 0.3) is 5.91 Å². The van der Waals surface area contributed by atoms with Crippen molar-refractivity contribution in [3.8, 4) is 0 Å². The molecule has 28 heavy (non-hydrogen) atoms. The van der Waals surface area contributed by atoms with Crippen molar-refractivity contribution in [3.63, 3.8) is 0 Å². The highest BCUT2D eigenvalue weighted by molar-refractivity contribution is 6.06. The van der Waals surface area contributed by atoms with E-state index in [9.17, 15) is 4.79 Å². The van der Waals surface area contributed by atoms with Gasteiger partial charge in [-0.1, -0.05) is 18.2 Å². The molecule has 5 rings (SSSR count). The first kappa shape index (κ1) is 17.3. The molecule has 0 atom stereocenters. The minimum atomic E-state index is 0.143. The summed E-state index contributed by atoms with van der Waals surface area (Å²) in [6.45, 7) is 4.23. The van der Waals surface area contributed by atoms with E-state index in [1.54, 1.807) is 0 Å². The van der Waals surface area contributed by atoms with Crippen molar-refractivity contribution < 1.29 is 4.79 Å². The maximum absolute atomic E-state index is 13.3. The maximum Gasteiger partial charge on any atom is 0.254 e. The number of nitrogens with zero attached hydrogens (tertiary/aromatic N) is 4. The van der Waals surface area contributed by atoms with Gasteiger partial charge in [-0.2, -0.15) is 0 Å². The minimum absolute atomic E-state index is 0.143. The lowest BCUT2D eigenvalue weighted by atomic mass is 10.0. The van der Waals surface area contributed by atoms with Gasteiger partial charge in [0.15, 0.2) is 0 Å².